The van der Waals surface area contributed by atoms with Gasteiger partial charge in [0.2, 0.25) is 11.8 Å². The molecule has 0 aromatic carbocycles. The van der Waals surface area contributed by atoms with Crippen molar-refractivity contribution in [2.45, 2.75) is 33.1 Å². The number of hydrogen-bond acceptors (Lipinski definition) is 2. The van der Waals surface area contributed by atoms with Crippen LogP contribution in [0.4, 0.5) is 0 Å². The molecule has 1 aliphatic rings. The normalized spacial score (nSPS) is 19.7. The van der Waals surface area contributed by atoms with E-state index in [0.717, 1.165) is 25.8 Å². The van der Waals surface area contributed by atoms with Gasteiger partial charge < -0.3 is 10.2 Å². The van der Waals surface area contributed by atoms with Gasteiger partial charge in [0.05, 0.1) is 5.92 Å². The quantitative estimate of drug-likeness (QED) is 0.596. The van der Waals surface area contributed by atoms with Crippen LogP contribution in [-0.2, 0) is 9.59 Å². The molecule has 4 heteroatoms. The Bertz CT molecular complexity index is 313. The monoisotopic (exact) mass is 252 g/mol. The molecule has 0 aromatic heterocycles. The lowest BCUT2D eigenvalue weighted by molar-refractivity contribution is -0.138. The molecule has 18 heavy (non-hydrogen) atoms. The van der Waals surface area contributed by atoms with E-state index < -0.39 is 0 Å². The number of hydrogen-bond donors (Lipinski definition) is 1. The predicted octanol–water partition coefficient (Wildman–Crippen LogP) is 1.57. The maximum Gasteiger partial charge on any atom is 0.225 e. The van der Waals surface area contributed by atoms with Crippen molar-refractivity contribution >= 4 is 11.8 Å². The van der Waals surface area contributed by atoms with Crippen LogP contribution >= 0.6 is 0 Å². The molecular weight excluding hydrogens is 228 g/mol. The molecule has 1 rings (SSSR count). The van der Waals surface area contributed by atoms with E-state index in [9.17, 15) is 9.59 Å². The lowest BCUT2D eigenvalue weighted by Gasteiger charge is -2.33. The molecule has 1 N–H and O–H groups in total. The van der Waals surface area contributed by atoms with Gasteiger partial charge in [-0.3, -0.25) is 9.59 Å². The predicted molar refractivity (Wildman–Crippen MR) is 72.0 cm³/mol. The van der Waals surface area contributed by atoms with Crippen molar-refractivity contribution < 1.29 is 9.59 Å². The first-order chi connectivity index (χ1) is 8.56. The van der Waals surface area contributed by atoms with Crippen molar-refractivity contribution in [2.75, 3.05) is 19.6 Å². The zero-order chi connectivity index (χ0) is 13.5. The summed E-state index contributed by atoms with van der Waals surface area (Å²) in [5, 5.41) is 2.89. The van der Waals surface area contributed by atoms with Gasteiger partial charge in [-0.25, -0.2) is 0 Å². The third kappa shape index (κ3) is 4.17. The number of nitrogens with one attached hydrogen (secondary N) is 1. The fourth-order valence-electron chi connectivity index (χ4n) is 2.20. The fourth-order valence-corrected chi connectivity index (χ4v) is 2.20. The Morgan fingerprint density at radius 3 is 2.83 bits per heavy atom. The van der Waals surface area contributed by atoms with Crippen LogP contribution in [-0.4, -0.2) is 36.3 Å². The van der Waals surface area contributed by atoms with Crippen LogP contribution in [0.25, 0.3) is 0 Å². The molecule has 2 amide bonds. The van der Waals surface area contributed by atoms with Gasteiger partial charge in [-0.05, 0) is 19.3 Å². The first-order valence-corrected chi connectivity index (χ1v) is 6.73. The zero-order valence-corrected chi connectivity index (χ0v) is 11.4. The van der Waals surface area contributed by atoms with Crippen LogP contribution in [0.5, 0.6) is 0 Å². The second-order valence-electron chi connectivity index (χ2n) is 5.15. The highest BCUT2D eigenvalue weighted by Gasteiger charge is 2.28. The minimum absolute atomic E-state index is 0.00702. The average Bonchev–Trinajstić information content (AvgIpc) is 2.38. The van der Waals surface area contributed by atoms with E-state index in [1.165, 1.54) is 0 Å². The Hall–Kier alpha value is -1.32. The topological polar surface area (TPSA) is 49.4 Å². The minimum atomic E-state index is -0.0498. The molecule has 1 aliphatic heterocycles. The fraction of sp³-hybridized carbons (Fsp3) is 0.714. The van der Waals surface area contributed by atoms with Crippen LogP contribution in [0.15, 0.2) is 12.7 Å². The summed E-state index contributed by atoms with van der Waals surface area (Å²) in [6.45, 7) is 9.41. The third-order valence-corrected chi connectivity index (χ3v) is 3.25. The van der Waals surface area contributed by atoms with Crippen molar-refractivity contribution in [1.29, 1.82) is 0 Å². The molecule has 1 unspecified atom stereocenters. The Morgan fingerprint density at radius 2 is 2.22 bits per heavy atom. The molecule has 1 atom stereocenters. The summed E-state index contributed by atoms with van der Waals surface area (Å²) < 4.78 is 0. The van der Waals surface area contributed by atoms with Gasteiger partial charge in [-0.15, -0.1) is 6.58 Å². The van der Waals surface area contributed by atoms with Gasteiger partial charge in [0.1, 0.15) is 0 Å². The molecule has 0 aliphatic carbocycles. The Balaban J connectivity index is 2.45. The van der Waals surface area contributed by atoms with Crippen molar-refractivity contribution in [1.82, 2.24) is 10.2 Å². The zero-order valence-electron chi connectivity index (χ0n) is 11.4. The number of rotatable bonds is 5. The smallest absolute Gasteiger partial charge is 0.225 e. The number of amides is 2. The number of nitrogens with zero attached hydrogens (tertiary/aromatic N) is 1. The van der Waals surface area contributed by atoms with Gasteiger partial charge in [0, 0.05) is 25.6 Å². The molecule has 0 spiro atoms. The first-order valence-electron chi connectivity index (χ1n) is 6.73. The van der Waals surface area contributed by atoms with Gasteiger partial charge in [-0.1, -0.05) is 19.9 Å². The highest BCUT2D eigenvalue weighted by Crippen LogP contribution is 2.18. The molecule has 0 radical (unpaired) electrons. The second-order valence-corrected chi connectivity index (χ2v) is 5.15. The summed E-state index contributed by atoms with van der Waals surface area (Å²) in [5.74, 6) is 0.176. The summed E-state index contributed by atoms with van der Waals surface area (Å²) in [6, 6.07) is 0. The SMILES string of the molecule is C=CCCNC(=O)C1CCCN(C(=O)C(C)C)C1. The highest BCUT2D eigenvalue weighted by atomic mass is 16.2. The minimum Gasteiger partial charge on any atom is -0.355 e. The maximum absolute atomic E-state index is 11.9. The molecule has 102 valence electrons. The molecule has 1 heterocycles. The van der Waals surface area contributed by atoms with Crippen molar-refractivity contribution in [3.63, 3.8) is 0 Å². The lowest BCUT2D eigenvalue weighted by Crippen LogP contribution is -2.46. The number of likely N-dealkylation sites (tertiary alicyclic amines) is 1. The van der Waals surface area contributed by atoms with Gasteiger partial charge in [0.25, 0.3) is 0 Å². The first kappa shape index (κ1) is 14.7. The number of carbonyl (C=O) groups excluding carboxylic acids is 2. The summed E-state index contributed by atoms with van der Waals surface area (Å²) >= 11 is 0. The van der Waals surface area contributed by atoms with Crippen molar-refractivity contribution in [2.24, 2.45) is 11.8 Å². The highest BCUT2D eigenvalue weighted by molar-refractivity contribution is 5.82. The van der Waals surface area contributed by atoms with E-state index in [1.807, 2.05) is 18.7 Å². The summed E-state index contributed by atoms with van der Waals surface area (Å²) in [7, 11) is 0. The van der Waals surface area contributed by atoms with Gasteiger partial charge in [0.15, 0.2) is 0 Å². The van der Waals surface area contributed by atoms with E-state index >= 15 is 0 Å². The van der Waals surface area contributed by atoms with E-state index in [4.69, 9.17) is 0 Å². The summed E-state index contributed by atoms with van der Waals surface area (Å²) in [4.78, 5) is 25.7. The van der Waals surface area contributed by atoms with Crippen molar-refractivity contribution in [3.05, 3.63) is 12.7 Å². The molecule has 1 fully saturated rings. The third-order valence-electron chi connectivity index (χ3n) is 3.25. The standard InChI is InChI=1S/C14H24N2O2/c1-4-5-8-15-13(17)12-7-6-9-16(10-12)14(18)11(2)3/h4,11-12H,1,5-10H2,2-3H3,(H,15,17). The average molecular weight is 252 g/mol. The molecule has 1 saturated heterocycles. The lowest BCUT2D eigenvalue weighted by atomic mass is 9.96. The largest absolute Gasteiger partial charge is 0.355 e. The Labute approximate surface area is 109 Å². The molecule has 0 aromatic rings. The summed E-state index contributed by atoms with van der Waals surface area (Å²) in [5.41, 5.74) is 0. The van der Waals surface area contributed by atoms with Crippen LogP contribution in [0.2, 0.25) is 0 Å². The Kier molecular flexibility index (Phi) is 5.89. The molecule has 0 saturated carbocycles. The molecular formula is C14H24N2O2. The number of carbonyl (C=O) groups is 2. The maximum atomic E-state index is 11.9. The van der Waals surface area contributed by atoms with Crippen molar-refractivity contribution in [3.8, 4) is 0 Å². The van der Waals surface area contributed by atoms with E-state index in [1.54, 1.807) is 6.08 Å². The van der Waals surface area contributed by atoms with E-state index in [0.29, 0.717) is 13.1 Å². The summed E-state index contributed by atoms with van der Waals surface area (Å²) in [6.07, 6.45) is 4.36. The molecule has 0 bridgehead atoms. The number of piperidine rings is 1. The van der Waals surface area contributed by atoms with Crippen LogP contribution in [0.1, 0.15) is 33.1 Å². The van der Waals surface area contributed by atoms with Gasteiger partial charge in [-0.2, -0.15) is 0 Å². The van der Waals surface area contributed by atoms with E-state index in [-0.39, 0.29) is 23.7 Å². The van der Waals surface area contributed by atoms with Crippen LogP contribution in [0.3, 0.4) is 0 Å². The van der Waals surface area contributed by atoms with Gasteiger partial charge >= 0.3 is 0 Å². The second kappa shape index (κ2) is 7.19. The van der Waals surface area contributed by atoms with E-state index in [2.05, 4.69) is 11.9 Å². The van der Waals surface area contributed by atoms with Crippen LogP contribution < -0.4 is 5.32 Å². The van der Waals surface area contributed by atoms with Crippen LogP contribution in [0, 0.1) is 11.8 Å². The Morgan fingerprint density at radius 1 is 1.50 bits per heavy atom. The molecule has 4 nitrogen and oxygen atoms in total.